The highest BCUT2D eigenvalue weighted by atomic mass is 15.2. The van der Waals surface area contributed by atoms with Crippen molar-refractivity contribution in [3.8, 4) is 0 Å². The van der Waals surface area contributed by atoms with E-state index in [1.807, 2.05) is 32.2 Å². The first-order valence-electron chi connectivity index (χ1n) is 8.61. The summed E-state index contributed by atoms with van der Waals surface area (Å²) in [6.45, 7) is 4.93. The Balaban J connectivity index is 1.82. The van der Waals surface area contributed by atoms with Gasteiger partial charge in [-0.15, -0.1) is 0 Å². The van der Waals surface area contributed by atoms with E-state index in [4.69, 9.17) is 4.98 Å². The van der Waals surface area contributed by atoms with E-state index in [0.717, 1.165) is 36.1 Å². The molecule has 0 radical (unpaired) electrons. The minimum absolute atomic E-state index is 0.723. The van der Waals surface area contributed by atoms with E-state index in [-0.39, 0.29) is 0 Å². The molecule has 1 aromatic heterocycles. The molecule has 128 valence electrons. The first kappa shape index (κ1) is 17.0. The number of hydrogen-bond donors (Lipinski definition) is 1. The average molecular weight is 332 g/mol. The largest absolute Gasteiger partial charge is 0.340 e. The first-order valence-corrected chi connectivity index (χ1v) is 8.61. The van der Waals surface area contributed by atoms with E-state index in [9.17, 15) is 0 Å². The maximum Gasteiger partial charge on any atom is 0.227 e. The molecule has 0 amide bonds. The smallest absolute Gasteiger partial charge is 0.227 e. The second-order valence-corrected chi connectivity index (χ2v) is 6.17. The molecule has 0 unspecified atom stereocenters. The quantitative estimate of drug-likeness (QED) is 0.708. The van der Waals surface area contributed by atoms with E-state index in [1.165, 1.54) is 11.1 Å². The zero-order valence-electron chi connectivity index (χ0n) is 15.0. The summed E-state index contributed by atoms with van der Waals surface area (Å²) in [5.74, 6) is 1.55. The summed E-state index contributed by atoms with van der Waals surface area (Å²) in [5, 5.41) is 3.45. The monoisotopic (exact) mass is 332 g/mol. The molecule has 0 fully saturated rings. The molecule has 0 saturated heterocycles. The van der Waals surface area contributed by atoms with Crippen LogP contribution in [0.3, 0.4) is 0 Å². The number of aromatic nitrogens is 2. The molecule has 0 spiro atoms. The lowest BCUT2D eigenvalue weighted by atomic mass is 10.1. The molecule has 0 saturated carbocycles. The second-order valence-electron chi connectivity index (χ2n) is 6.17. The van der Waals surface area contributed by atoms with Gasteiger partial charge in [0.15, 0.2) is 0 Å². The van der Waals surface area contributed by atoms with E-state index in [2.05, 4.69) is 64.6 Å². The number of benzene rings is 2. The SMILES string of the molecule is CCc1ccccc1Nc1cc(C)nc(N(C)Cc2ccccc2)n1. The fraction of sp³-hybridized carbons (Fsp3) is 0.238. The zero-order chi connectivity index (χ0) is 17.6. The maximum atomic E-state index is 4.70. The summed E-state index contributed by atoms with van der Waals surface area (Å²) in [4.78, 5) is 11.4. The Morgan fingerprint density at radius 1 is 0.960 bits per heavy atom. The summed E-state index contributed by atoms with van der Waals surface area (Å²) in [6.07, 6.45) is 0.980. The first-order chi connectivity index (χ1) is 12.2. The summed E-state index contributed by atoms with van der Waals surface area (Å²) in [7, 11) is 2.02. The zero-order valence-corrected chi connectivity index (χ0v) is 15.0. The number of rotatable bonds is 6. The number of anilines is 3. The summed E-state index contributed by atoms with van der Waals surface area (Å²) in [6, 6.07) is 20.7. The van der Waals surface area contributed by atoms with Crippen molar-refractivity contribution in [3.05, 3.63) is 77.5 Å². The third kappa shape index (κ3) is 4.35. The Morgan fingerprint density at radius 2 is 1.68 bits per heavy atom. The summed E-state index contributed by atoms with van der Waals surface area (Å²) in [5.41, 5.74) is 4.56. The van der Waals surface area contributed by atoms with Crippen LogP contribution in [-0.4, -0.2) is 17.0 Å². The van der Waals surface area contributed by atoms with Gasteiger partial charge in [-0.1, -0.05) is 55.5 Å². The molecule has 0 aliphatic carbocycles. The molecule has 25 heavy (non-hydrogen) atoms. The van der Waals surface area contributed by atoms with Gasteiger partial charge < -0.3 is 10.2 Å². The van der Waals surface area contributed by atoms with Crippen molar-refractivity contribution in [2.75, 3.05) is 17.3 Å². The van der Waals surface area contributed by atoms with Crippen molar-refractivity contribution in [2.45, 2.75) is 26.8 Å². The van der Waals surface area contributed by atoms with Crippen LogP contribution >= 0.6 is 0 Å². The van der Waals surface area contributed by atoms with E-state index in [0.29, 0.717) is 0 Å². The Hall–Kier alpha value is -2.88. The molecule has 4 nitrogen and oxygen atoms in total. The van der Waals surface area contributed by atoms with Crippen molar-refractivity contribution in [1.82, 2.24) is 9.97 Å². The Bertz CT molecular complexity index is 830. The van der Waals surface area contributed by atoms with Gasteiger partial charge in [-0.25, -0.2) is 4.98 Å². The van der Waals surface area contributed by atoms with E-state index in [1.54, 1.807) is 0 Å². The lowest BCUT2D eigenvalue weighted by molar-refractivity contribution is 0.861. The molecule has 2 aromatic carbocycles. The van der Waals surface area contributed by atoms with Gasteiger partial charge in [0.05, 0.1) is 0 Å². The van der Waals surface area contributed by atoms with Crippen molar-refractivity contribution >= 4 is 17.5 Å². The number of nitrogens with one attached hydrogen (secondary N) is 1. The molecule has 1 heterocycles. The third-order valence-electron chi connectivity index (χ3n) is 4.11. The van der Waals surface area contributed by atoms with Crippen molar-refractivity contribution in [1.29, 1.82) is 0 Å². The number of hydrogen-bond acceptors (Lipinski definition) is 4. The molecule has 0 bridgehead atoms. The second kappa shape index (κ2) is 7.79. The lowest BCUT2D eigenvalue weighted by Gasteiger charge is -2.19. The fourth-order valence-electron chi connectivity index (χ4n) is 2.80. The molecule has 0 aliphatic heterocycles. The predicted molar refractivity (Wildman–Crippen MR) is 104 cm³/mol. The summed E-state index contributed by atoms with van der Waals surface area (Å²) < 4.78 is 0. The minimum Gasteiger partial charge on any atom is -0.340 e. The van der Waals surface area contributed by atoms with Gasteiger partial charge in [0.2, 0.25) is 5.95 Å². The number of para-hydroxylation sites is 1. The summed E-state index contributed by atoms with van der Waals surface area (Å²) >= 11 is 0. The lowest BCUT2D eigenvalue weighted by Crippen LogP contribution is -2.19. The van der Waals surface area contributed by atoms with Crippen LogP contribution in [0.4, 0.5) is 17.5 Å². The van der Waals surface area contributed by atoms with Gasteiger partial charge in [0.1, 0.15) is 5.82 Å². The van der Waals surface area contributed by atoms with Gasteiger partial charge in [0, 0.05) is 31.0 Å². The van der Waals surface area contributed by atoms with Crippen LogP contribution in [0, 0.1) is 6.92 Å². The molecule has 0 atom stereocenters. The van der Waals surface area contributed by atoms with Crippen LogP contribution in [0.5, 0.6) is 0 Å². The van der Waals surface area contributed by atoms with Gasteiger partial charge in [0.25, 0.3) is 0 Å². The van der Waals surface area contributed by atoms with Crippen LogP contribution in [0.25, 0.3) is 0 Å². The number of aryl methyl sites for hydroxylation is 2. The molecule has 3 aromatic rings. The van der Waals surface area contributed by atoms with Gasteiger partial charge >= 0.3 is 0 Å². The van der Waals surface area contributed by atoms with E-state index >= 15 is 0 Å². The minimum atomic E-state index is 0.723. The number of nitrogens with zero attached hydrogens (tertiary/aromatic N) is 3. The molecular formula is C21H24N4. The molecule has 4 heteroatoms. The van der Waals surface area contributed by atoms with E-state index < -0.39 is 0 Å². The average Bonchev–Trinajstić information content (AvgIpc) is 2.62. The normalized spacial score (nSPS) is 10.5. The fourth-order valence-corrected chi connectivity index (χ4v) is 2.80. The maximum absolute atomic E-state index is 4.70. The Morgan fingerprint density at radius 3 is 2.44 bits per heavy atom. The van der Waals surface area contributed by atoms with Crippen molar-refractivity contribution < 1.29 is 0 Å². The topological polar surface area (TPSA) is 41.1 Å². The molecule has 1 N–H and O–H groups in total. The molecular weight excluding hydrogens is 308 g/mol. The van der Waals surface area contributed by atoms with Crippen molar-refractivity contribution in [3.63, 3.8) is 0 Å². The highest BCUT2D eigenvalue weighted by Crippen LogP contribution is 2.22. The molecule has 0 aliphatic rings. The standard InChI is InChI=1S/C21H24N4/c1-4-18-12-8-9-13-19(18)23-20-14-16(2)22-21(24-20)25(3)15-17-10-6-5-7-11-17/h5-14H,4,15H2,1-3H3,(H,22,23,24). The van der Waals surface area contributed by atoms with Crippen LogP contribution in [-0.2, 0) is 13.0 Å². The Kier molecular flexibility index (Phi) is 5.29. The van der Waals surface area contributed by atoms with Crippen LogP contribution in [0.1, 0.15) is 23.7 Å². The van der Waals surface area contributed by atoms with Crippen molar-refractivity contribution in [2.24, 2.45) is 0 Å². The predicted octanol–water partition coefficient (Wildman–Crippen LogP) is 4.73. The third-order valence-corrected chi connectivity index (χ3v) is 4.11. The van der Waals surface area contributed by atoms with Gasteiger partial charge in [-0.05, 0) is 30.5 Å². The Labute approximate surface area is 149 Å². The van der Waals surface area contributed by atoms with Gasteiger partial charge in [-0.2, -0.15) is 4.98 Å². The van der Waals surface area contributed by atoms with Crippen LogP contribution < -0.4 is 10.2 Å². The van der Waals surface area contributed by atoms with Crippen LogP contribution in [0.15, 0.2) is 60.7 Å². The highest BCUT2D eigenvalue weighted by molar-refractivity contribution is 5.61. The molecule has 3 rings (SSSR count). The van der Waals surface area contributed by atoms with Crippen LogP contribution in [0.2, 0.25) is 0 Å². The van der Waals surface area contributed by atoms with Gasteiger partial charge in [-0.3, -0.25) is 0 Å². The highest BCUT2D eigenvalue weighted by Gasteiger charge is 2.09.